The van der Waals surface area contributed by atoms with Crippen LogP contribution in [-0.4, -0.2) is 35.3 Å². The number of aromatic nitrogens is 2. The number of rotatable bonds is 2. The van der Waals surface area contributed by atoms with Gasteiger partial charge in [0.05, 0.1) is 0 Å². The molecule has 1 N–H and O–H groups in total. The summed E-state index contributed by atoms with van der Waals surface area (Å²) in [6, 6.07) is 1.91. The molecule has 0 spiro atoms. The standard InChI is InChI=1S/C12H20N4O2/c1-14(9-4-6-13-7-5-9)10-8-11(17)16(3)12(18)15(10)2/h8-9,13H,4-7H2,1-3H3. The van der Waals surface area contributed by atoms with Crippen molar-refractivity contribution in [3.05, 3.63) is 26.9 Å². The summed E-state index contributed by atoms with van der Waals surface area (Å²) in [5, 5.41) is 3.31. The lowest BCUT2D eigenvalue weighted by molar-refractivity contribution is 0.437. The monoisotopic (exact) mass is 252 g/mol. The van der Waals surface area contributed by atoms with Crippen molar-refractivity contribution in [1.82, 2.24) is 14.5 Å². The summed E-state index contributed by atoms with van der Waals surface area (Å²) in [5.74, 6) is 0.690. The maximum atomic E-state index is 11.9. The number of anilines is 1. The van der Waals surface area contributed by atoms with Crippen LogP contribution in [0, 0.1) is 0 Å². The van der Waals surface area contributed by atoms with Crippen molar-refractivity contribution >= 4 is 5.82 Å². The maximum Gasteiger partial charge on any atom is 0.332 e. The van der Waals surface area contributed by atoms with Crippen LogP contribution in [0.3, 0.4) is 0 Å². The van der Waals surface area contributed by atoms with Crippen molar-refractivity contribution < 1.29 is 0 Å². The third-order valence-electron chi connectivity index (χ3n) is 3.72. The minimum absolute atomic E-state index is 0.256. The van der Waals surface area contributed by atoms with Gasteiger partial charge < -0.3 is 10.2 Å². The van der Waals surface area contributed by atoms with Gasteiger partial charge in [-0.05, 0) is 25.9 Å². The van der Waals surface area contributed by atoms with Crippen LogP contribution in [0.25, 0.3) is 0 Å². The van der Waals surface area contributed by atoms with Gasteiger partial charge in [0.1, 0.15) is 5.82 Å². The van der Waals surface area contributed by atoms with E-state index in [1.54, 1.807) is 7.05 Å². The first-order chi connectivity index (χ1) is 8.52. The second kappa shape index (κ2) is 4.97. The predicted octanol–water partition coefficient (Wildman–Crippen LogP) is -0.728. The lowest BCUT2D eigenvalue weighted by Gasteiger charge is -2.33. The van der Waals surface area contributed by atoms with E-state index in [0.717, 1.165) is 30.5 Å². The summed E-state index contributed by atoms with van der Waals surface area (Å²) in [5.41, 5.74) is -0.535. The van der Waals surface area contributed by atoms with Gasteiger partial charge in [0.25, 0.3) is 5.56 Å². The third kappa shape index (κ3) is 2.20. The van der Waals surface area contributed by atoms with E-state index in [-0.39, 0.29) is 11.2 Å². The molecule has 6 heteroatoms. The van der Waals surface area contributed by atoms with E-state index in [1.165, 1.54) is 17.7 Å². The van der Waals surface area contributed by atoms with E-state index in [1.807, 2.05) is 11.9 Å². The fourth-order valence-electron chi connectivity index (χ4n) is 2.44. The van der Waals surface area contributed by atoms with Crippen LogP contribution in [-0.2, 0) is 14.1 Å². The molecule has 1 aromatic heterocycles. The first-order valence-electron chi connectivity index (χ1n) is 6.23. The molecule has 1 aliphatic heterocycles. The molecule has 0 radical (unpaired) electrons. The van der Waals surface area contributed by atoms with Crippen molar-refractivity contribution in [3.8, 4) is 0 Å². The fraction of sp³-hybridized carbons (Fsp3) is 0.667. The Morgan fingerprint density at radius 2 is 1.83 bits per heavy atom. The van der Waals surface area contributed by atoms with Gasteiger partial charge in [-0.1, -0.05) is 0 Å². The van der Waals surface area contributed by atoms with Crippen molar-refractivity contribution in [2.45, 2.75) is 18.9 Å². The molecular formula is C12H20N4O2. The van der Waals surface area contributed by atoms with Gasteiger partial charge in [-0.2, -0.15) is 0 Å². The molecule has 6 nitrogen and oxygen atoms in total. The maximum absolute atomic E-state index is 11.9. The molecule has 0 aromatic carbocycles. The number of hydrogen-bond donors (Lipinski definition) is 1. The Balaban J connectivity index is 2.38. The van der Waals surface area contributed by atoms with Crippen LogP contribution < -0.4 is 21.5 Å². The zero-order valence-corrected chi connectivity index (χ0v) is 11.1. The average molecular weight is 252 g/mol. The minimum Gasteiger partial charge on any atom is -0.358 e. The molecule has 0 bridgehead atoms. The van der Waals surface area contributed by atoms with Crippen LogP contribution in [0.4, 0.5) is 5.82 Å². The lowest BCUT2D eigenvalue weighted by Crippen LogP contribution is -2.45. The highest BCUT2D eigenvalue weighted by atomic mass is 16.2. The van der Waals surface area contributed by atoms with E-state index in [9.17, 15) is 9.59 Å². The fourth-order valence-corrected chi connectivity index (χ4v) is 2.44. The van der Waals surface area contributed by atoms with Crippen LogP contribution in [0.15, 0.2) is 15.7 Å². The summed E-state index contributed by atoms with van der Waals surface area (Å²) in [6.07, 6.45) is 2.06. The van der Waals surface area contributed by atoms with Gasteiger partial charge in [-0.15, -0.1) is 0 Å². The highest BCUT2D eigenvalue weighted by Gasteiger charge is 2.20. The van der Waals surface area contributed by atoms with Gasteiger partial charge in [0, 0.05) is 33.3 Å². The minimum atomic E-state index is -0.279. The Morgan fingerprint density at radius 1 is 1.22 bits per heavy atom. The Bertz CT molecular complexity index is 540. The number of hydrogen-bond acceptors (Lipinski definition) is 4. The van der Waals surface area contributed by atoms with Crippen molar-refractivity contribution in [1.29, 1.82) is 0 Å². The smallest absolute Gasteiger partial charge is 0.332 e. The topological polar surface area (TPSA) is 59.3 Å². The largest absolute Gasteiger partial charge is 0.358 e. The zero-order valence-electron chi connectivity index (χ0n) is 11.1. The van der Waals surface area contributed by atoms with Gasteiger partial charge in [0.15, 0.2) is 0 Å². The first-order valence-corrected chi connectivity index (χ1v) is 6.23. The molecule has 1 fully saturated rings. The van der Waals surface area contributed by atoms with Crippen LogP contribution >= 0.6 is 0 Å². The summed E-state index contributed by atoms with van der Waals surface area (Å²) in [6.45, 7) is 1.96. The van der Waals surface area contributed by atoms with E-state index < -0.39 is 0 Å². The normalized spacial score (nSPS) is 16.8. The Kier molecular flexibility index (Phi) is 3.56. The van der Waals surface area contributed by atoms with Crippen molar-refractivity contribution in [2.24, 2.45) is 14.1 Å². The van der Waals surface area contributed by atoms with Gasteiger partial charge >= 0.3 is 5.69 Å². The van der Waals surface area contributed by atoms with Crippen LogP contribution in [0.5, 0.6) is 0 Å². The Hall–Kier alpha value is -1.56. The molecule has 18 heavy (non-hydrogen) atoms. The highest BCUT2D eigenvalue weighted by molar-refractivity contribution is 5.38. The SMILES string of the molecule is CN(c1cc(=O)n(C)c(=O)n1C)C1CCNCC1. The molecule has 2 rings (SSSR count). The summed E-state index contributed by atoms with van der Waals surface area (Å²) < 4.78 is 2.66. The van der Waals surface area contributed by atoms with Crippen molar-refractivity contribution in [3.63, 3.8) is 0 Å². The molecule has 0 saturated carbocycles. The van der Waals surface area contributed by atoms with Crippen molar-refractivity contribution in [2.75, 3.05) is 25.0 Å². The molecule has 0 unspecified atom stereocenters. The van der Waals surface area contributed by atoms with E-state index in [4.69, 9.17) is 0 Å². The van der Waals surface area contributed by atoms with E-state index in [2.05, 4.69) is 5.32 Å². The Labute approximate surface area is 106 Å². The summed E-state index contributed by atoms with van der Waals surface area (Å²) in [4.78, 5) is 25.6. The van der Waals surface area contributed by atoms with Gasteiger partial charge in [0.2, 0.25) is 0 Å². The molecule has 2 heterocycles. The van der Waals surface area contributed by atoms with Crippen LogP contribution in [0.1, 0.15) is 12.8 Å². The average Bonchev–Trinajstić information content (AvgIpc) is 2.41. The van der Waals surface area contributed by atoms with Crippen LogP contribution in [0.2, 0.25) is 0 Å². The number of piperidine rings is 1. The summed E-state index contributed by atoms with van der Waals surface area (Å²) >= 11 is 0. The second-order valence-electron chi connectivity index (χ2n) is 4.83. The number of nitrogens with one attached hydrogen (secondary N) is 1. The quantitative estimate of drug-likeness (QED) is 0.754. The molecule has 1 saturated heterocycles. The second-order valence-corrected chi connectivity index (χ2v) is 4.83. The molecule has 0 amide bonds. The Morgan fingerprint density at radius 3 is 2.44 bits per heavy atom. The van der Waals surface area contributed by atoms with Gasteiger partial charge in [-0.3, -0.25) is 13.9 Å². The highest BCUT2D eigenvalue weighted by Crippen LogP contribution is 2.16. The molecular weight excluding hydrogens is 232 g/mol. The van der Waals surface area contributed by atoms with E-state index >= 15 is 0 Å². The number of nitrogens with zero attached hydrogens (tertiary/aromatic N) is 3. The molecule has 1 aromatic rings. The molecule has 0 atom stereocenters. The van der Waals surface area contributed by atoms with E-state index in [0.29, 0.717) is 11.9 Å². The molecule has 100 valence electrons. The predicted molar refractivity (Wildman–Crippen MR) is 71.2 cm³/mol. The first kappa shape index (κ1) is 12.9. The molecule has 0 aliphatic carbocycles. The molecule has 1 aliphatic rings. The summed E-state index contributed by atoms with van der Waals surface area (Å²) in [7, 11) is 5.15. The lowest BCUT2D eigenvalue weighted by atomic mass is 10.1. The third-order valence-corrected chi connectivity index (χ3v) is 3.72. The zero-order chi connectivity index (χ0) is 13.3. The van der Waals surface area contributed by atoms with Gasteiger partial charge in [-0.25, -0.2) is 4.79 Å².